The average Bonchev–Trinajstić information content (AvgIpc) is 2.53. The summed E-state index contributed by atoms with van der Waals surface area (Å²) in [5.74, 6) is -1.36. The first-order chi connectivity index (χ1) is 11.6. The van der Waals surface area contributed by atoms with Gasteiger partial charge in [0, 0.05) is 28.9 Å². The Morgan fingerprint density at radius 3 is 2.28 bits per heavy atom. The van der Waals surface area contributed by atoms with Crippen LogP contribution in [0.15, 0.2) is 42.5 Å². The standard InChI is InChI=1S/C16H11F3N2O4/c1-9(22)10-5-11(7-14(6-10)21(24)25)15(23)20-13-4-2-3-12(8-13)16(17,18)19/h2-8H,1H3,(H,20,23). The molecular formula is C16H11F3N2O4. The number of alkyl halides is 3. The van der Waals surface area contributed by atoms with Crippen molar-refractivity contribution in [1.29, 1.82) is 0 Å². The van der Waals surface area contributed by atoms with E-state index in [-0.39, 0.29) is 16.8 Å². The van der Waals surface area contributed by atoms with E-state index in [1.54, 1.807) is 0 Å². The van der Waals surface area contributed by atoms with Crippen LogP contribution < -0.4 is 5.32 Å². The minimum atomic E-state index is -4.58. The molecule has 2 aromatic rings. The minimum Gasteiger partial charge on any atom is -0.322 e. The largest absolute Gasteiger partial charge is 0.416 e. The van der Waals surface area contributed by atoms with E-state index in [9.17, 15) is 32.9 Å². The van der Waals surface area contributed by atoms with E-state index < -0.39 is 34.0 Å². The smallest absolute Gasteiger partial charge is 0.322 e. The number of carbonyl (C=O) groups excluding carboxylic acids is 2. The zero-order valence-electron chi connectivity index (χ0n) is 12.8. The third-order valence-corrected chi connectivity index (χ3v) is 3.25. The summed E-state index contributed by atoms with van der Waals surface area (Å²) >= 11 is 0. The number of nitro groups is 1. The summed E-state index contributed by atoms with van der Waals surface area (Å²) in [6.45, 7) is 1.17. The lowest BCUT2D eigenvalue weighted by Crippen LogP contribution is -2.14. The highest BCUT2D eigenvalue weighted by Crippen LogP contribution is 2.30. The van der Waals surface area contributed by atoms with Crippen molar-refractivity contribution >= 4 is 23.1 Å². The summed E-state index contributed by atoms with van der Waals surface area (Å²) in [5, 5.41) is 13.1. The van der Waals surface area contributed by atoms with Gasteiger partial charge in [-0.05, 0) is 31.2 Å². The van der Waals surface area contributed by atoms with Crippen LogP contribution >= 0.6 is 0 Å². The third-order valence-electron chi connectivity index (χ3n) is 3.25. The molecule has 2 rings (SSSR count). The number of nitro benzene ring substituents is 1. The van der Waals surface area contributed by atoms with Crippen molar-refractivity contribution in [1.82, 2.24) is 0 Å². The van der Waals surface area contributed by atoms with Gasteiger partial charge in [-0.25, -0.2) is 0 Å². The molecule has 1 amide bonds. The van der Waals surface area contributed by atoms with Crippen molar-refractivity contribution in [3.8, 4) is 0 Å². The zero-order chi connectivity index (χ0) is 18.8. The van der Waals surface area contributed by atoms with Crippen LogP contribution in [0.2, 0.25) is 0 Å². The number of amides is 1. The first-order valence-corrected chi connectivity index (χ1v) is 6.87. The lowest BCUT2D eigenvalue weighted by atomic mass is 10.1. The molecule has 0 aromatic heterocycles. The Morgan fingerprint density at radius 1 is 1.08 bits per heavy atom. The van der Waals surface area contributed by atoms with E-state index in [1.165, 1.54) is 13.0 Å². The predicted molar refractivity (Wildman–Crippen MR) is 82.5 cm³/mol. The highest BCUT2D eigenvalue weighted by atomic mass is 19.4. The topological polar surface area (TPSA) is 89.3 Å². The minimum absolute atomic E-state index is 0.0524. The number of anilines is 1. The number of benzene rings is 2. The maximum absolute atomic E-state index is 12.7. The third kappa shape index (κ3) is 4.40. The molecule has 0 atom stereocenters. The molecule has 0 unspecified atom stereocenters. The van der Waals surface area contributed by atoms with E-state index in [2.05, 4.69) is 5.32 Å². The molecule has 130 valence electrons. The summed E-state index contributed by atoms with van der Waals surface area (Å²) in [4.78, 5) is 33.8. The van der Waals surface area contributed by atoms with Crippen LogP contribution in [0.25, 0.3) is 0 Å². The van der Waals surface area contributed by atoms with E-state index in [1.807, 2.05) is 0 Å². The molecule has 0 fully saturated rings. The van der Waals surface area contributed by atoms with Crippen molar-refractivity contribution in [3.63, 3.8) is 0 Å². The van der Waals surface area contributed by atoms with Crippen LogP contribution in [-0.4, -0.2) is 16.6 Å². The van der Waals surface area contributed by atoms with E-state index in [4.69, 9.17) is 0 Å². The van der Waals surface area contributed by atoms with Crippen molar-refractivity contribution in [2.75, 3.05) is 5.32 Å². The fourth-order valence-electron chi connectivity index (χ4n) is 2.03. The molecule has 2 aromatic carbocycles. The summed E-state index contributed by atoms with van der Waals surface area (Å²) in [6, 6.07) is 7.04. The fourth-order valence-corrected chi connectivity index (χ4v) is 2.03. The number of nitrogens with zero attached hydrogens (tertiary/aromatic N) is 1. The first-order valence-electron chi connectivity index (χ1n) is 6.87. The molecule has 0 bridgehead atoms. The second kappa shape index (κ2) is 6.71. The zero-order valence-corrected chi connectivity index (χ0v) is 12.8. The van der Waals surface area contributed by atoms with Gasteiger partial charge in [0.25, 0.3) is 11.6 Å². The van der Waals surface area contributed by atoms with E-state index >= 15 is 0 Å². The number of halogens is 3. The molecule has 0 saturated carbocycles. The number of nitrogens with one attached hydrogen (secondary N) is 1. The van der Waals surface area contributed by atoms with Crippen LogP contribution in [0.1, 0.15) is 33.2 Å². The van der Waals surface area contributed by atoms with Crippen LogP contribution in [-0.2, 0) is 6.18 Å². The number of hydrogen-bond donors (Lipinski definition) is 1. The summed E-state index contributed by atoms with van der Waals surface area (Å²) in [5.41, 5.74) is -1.81. The van der Waals surface area contributed by atoms with E-state index in [0.717, 1.165) is 36.4 Å². The number of ketones is 1. The predicted octanol–water partition coefficient (Wildman–Crippen LogP) is 4.07. The number of non-ortho nitro benzene ring substituents is 1. The Hall–Kier alpha value is -3.23. The van der Waals surface area contributed by atoms with Crippen LogP contribution in [0.3, 0.4) is 0 Å². The Balaban J connectivity index is 2.35. The van der Waals surface area contributed by atoms with Crippen LogP contribution in [0, 0.1) is 10.1 Å². The van der Waals surface area contributed by atoms with Gasteiger partial charge in [-0.15, -0.1) is 0 Å². The van der Waals surface area contributed by atoms with Crippen molar-refractivity contribution in [3.05, 3.63) is 69.3 Å². The maximum Gasteiger partial charge on any atom is 0.416 e. The number of Topliss-reactive ketones (excluding diaryl/α,β-unsaturated/α-hetero) is 1. The number of rotatable bonds is 4. The second-order valence-electron chi connectivity index (χ2n) is 5.11. The van der Waals surface area contributed by atoms with Gasteiger partial charge in [0.1, 0.15) is 0 Å². The van der Waals surface area contributed by atoms with Crippen LogP contribution in [0.4, 0.5) is 24.5 Å². The van der Waals surface area contributed by atoms with Crippen molar-refractivity contribution in [2.45, 2.75) is 13.1 Å². The Bertz CT molecular complexity index is 830. The molecule has 0 aliphatic heterocycles. The highest BCUT2D eigenvalue weighted by Gasteiger charge is 2.30. The van der Waals surface area contributed by atoms with Gasteiger partial charge in [-0.1, -0.05) is 6.07 Å². The van der Waals surface area contributed by atoms with Gasteiger partial charge in [0.2, 0.25) is 0 Å². The molecule has 9 heteroatoms. The Kier molecular flexibility index (Phi) is 4.87. The molecule has 0 radical (unpaired) electrons. The maximum atomic E-state index is 12.7. The lowest BCUT2D eigenvalue weighted by molar-refractivity contribution is -0.384. The van der Waals surface area contributed by atoms with Gasteiger partial charge in [0.15, 0.2) is 5.78 Å². The molecule has 0 aliphatic carbocycles. The highest BCUT2D eigenvalue weighted by molar-refractivity contribution is 6.06. The van der Waals surface area contributed by atoms with Gasteiger partial charge in [-0.3, -0.25) is 19.7 Å². The Morgan fingerprint density at radius 2 is 1.72 bits per heavy atom. The van der Waals surface area contributed by atoms with Gasteiger partial charge < -0.3 is 5.32 Å². The molecule has 0 heterocycles. The average molecular weight is 352 g/mol. The Labute approximate surface area is 139 Å². The van der Waals surface area contributed by atoms with Gasteiger partial charge in [0.05, 0.1) is 10.5 Å². The summed E-state index contributed by atoms with van der Waals surface area (Å²) < 4.78 is 38.1. The molecule has 0 aliphatic rings. The summed E-state index contributed by atoms with van der Waals surface area (Å²) in [7, 11) is 0. The van der Waals surface area contributed by atoms with E-state index in [0.29, 0.717) is 0 Å². The number of hydrogen-bond acceptors (Lipinski definition) is 4. The monoisotopic (exact) mass is 352 g/mol. The van der Waals surface area contributed by atoms with Crippen molar-refractivity contribution < 1.29 is 27.7 Å². The first kappa shape index (κ1) is 18.1. The summed E-state index contributed by atoms with van der Waals surface area (Å²) in [6.07, 6.45) is -4.58. The van der Waals surface area contributed by atoms with Crippen LogP contribution in [0.5, 0.6) is 0 Å². The fraction of sp³-hybridized carbons (Fsp3) is 0.125. The van der Waals surface area contributed by atoms with Gasteiger partial charge >= 0.3 is 6.18 Å². The van der Waals surface area contributed by atoms with Crippen molar-refractivity contribution in [2.24, 2.45) is 0 Å². The molecule has 6 nitrogen and oxygen atoms in total. The molecular weight excluding hydrogens is 341 g/mol. The molecule has 0 spiro atoms. The second-order valence-corrected chi connectivity index (χ2v) is 5.11. The SMILES string of the molecule is CC(=O)c1cc(C(=O)Nc2cccc(C(F)(F)F)c2)cc([N+](=O)[O-])c1. The number of carbonyl (C=O) groups is 2. The quantitative estimate of drug-likeness (QED) is 0.510. The normalized spacial score (nSPS) is 11.0. The molecule has 25 heavy (non-hydrogen) atoms. The molecule has 1 N–H and O–H groups in total. The molecule has 0 saturated heterocycles. The van der Waals surface area contributed by atoms with Gasteiger partial charge in [-0.2, -0.15) is 13.2 Å². The lowest BCUT2D eigenvalue weighted by Gasteiger charge is -2.10.